The Hall–Kier alpha value is -1.79. The minimum Gasteiger partial charge on any atom is -0.372 e. The first-order valence-electron chi connectivity index (χ1n) is 8.90. The maximum Gasteiger partial charge on any atom is 0.243 e. The van der Waals surface area contributed by atoms with Crippen LogP contribution < -0.4 is 21.7 Å². The summed E-state index contributed by atoms with van der Waals surface area (Å²) in [5.41, 5.74) is 7.34. The predicted molar refractivity (Wildman–Crippen MR) is 98.6 cm³/mol. The molecule has 1 fully saturated rings. The van der Waals surface area contributed by atoms with Gasteiger partial charge in [-0.25, -0.2) is 0 Å². The van der Waals surface area contributed by atoms with Gasteiger partial charge in [0, 0.05) is 31.5 Å². The first kappa shape index (κ1) is 18.0. The van der Waals surface area contributed by atoms with E-state index in [4.69, 9.17) is 17.3 Å². The number of anilines is 1. The van der Waals surface area contributed by atoms with Crippen LogP contribution in [0.3, 0.4) is 0 Å². The van der Waals surface area contributed by atoms with Gasteiger partial charge in [0.05, 0.1) is 10.7 Å². The monoisotopic (exact) mass is 364 g/mol. The number of halogens is 1. The number of hydrogen-bond donors (Lipinski definition) is 4. The highest BCUT2D eigenvalue weighted by Crippen LogP contribution is 2.33. The maximum absolute atomic E-state index is 12.5. The number of carbonyl (C=O) groups is 2. The number of carbonyl (C=O) groups excluding carboxylic acids is 2. The molecule has 1 aromatic carbocycles. The number of hydrogen-bond acceptors (Lipinski definition) is 4. The number of benzene rings is 1. The van der Waals surface area contributed by atoms with Gasteiger partial charge in [-0.15, -0.1) is 0 Å². The van der Waals surface area contributed by atoms with Crippen molar-refractivity contribution in [3.05, 3.63) is 28.8 Å². The van der Waals surface area contributed by atoms with Gasteiger partial charge in [-0.3, -0.25) is 9.59 Å². The fourth-order valence-electron chi connectivity index (χ4n) is 3.62. The molecule has 5 N–H and O–H groups in total. The van der Waals surface area contributed by atoms with Crippen LogP contribution in [0.1, 0.15) is 37.7 Å². The number of amides is 2. The van der Waals surface area contributed by atoms with Crippen molar-refractivity contribution in [1.29, 1.82) is 0 Å². The van der Waals surface area contributed by atoms with E-state index in [0.717, 1.165) is 36.9 Å². The van der Waals surface area contributed by atoms with Crippen LogP contribution in [0, 0.1) is 0 Å². The predicted octanol–water partition coefficient (Wildman–Crippen LogP) is 1.57. The lowest BCUT2D eigenvalue weighted by Crippen LogP contribution is -2.47. The minimum absolute atomic E-state index is 0.0137. The topological polar surface area (TPSA) is 96.2 Å². The molecule has 25 heavy (non-hydrogen) atoms. The molecule has 0 bridgehead atoms. The molecule has 2 amide bonds. The van der Waals surface area contributed by atoms with Crippen molar-refractivity contribution >= 4 is 29.1 Å². The van der Waals surface area contributed by atoms with Crippen molar-refractivity contribution in [2.75, 3.05) is 11.9 Å². The van der Waals surface area contributed by atoms with Gasteiger partial charge in [0.25, 0.3) is 0 Å². The lowest BCUT2D eigenvalue weighted by atomic mass is 9.90. The van der Waals surface area contributed by atoms with Gasteiger partial charge in [-0.1, -0.05) is 23.7 Å². The van der Waals surface area contributed by atoms with E-state index in [1.807, 2.05) is 18.2 Å². The van der Waals surface area contributed by atoms with Crippen molar-refractivity contribution in [1.82, 2.24) is 10.6 Å². The smallest absolute Gasteiger partial charge is 0.243 e. The molecule has 3 rings (SSSR count). The van der Waals surface area contributed by atoms with Crippen molar-refractivity contribution in [2.45, 2.75) is 56.7 Å². The number of para-hydroxylation sites is 1. The molecule has 0 saturated heterocycles. The third-order valence-corrected chi connectivity index (χ3v) is 5.28. The Morgan fingerprint density at radius 2 is 1.84 bits per heavy atom. The Balaban J connectivity index is 1.45. The lowest BCUT2D eigenvalue weighted by Gasteiger charge is -2.30. The van der Waals surface area contributed by atoms with Crippen LogP contribution in [0.4, 0.5) is 5.69 Å². The summed E-state index contributed by atoms with van der Waals surface area (Å²) >= 11 is 6.17. The molecular formula is C18H25ClN4O2. The van der Waals surface area contributed by atoms with Crippen LogP contribution in [-0.4, -0.2) is 36.5 Å². The molecule has 6 nitrogen and oxygen atoms in total. The molecule has 1 saturated carbocycles. The van der Waals surface area contributed by atoms with Crippen LogP contribution in [0.25, 0.3) is 0 Å². The van der Waals surface area contributed by atoms with Crippen LogP contribution in [0.2, 0.25) is 5.02 Å². The van der Waals surface area contributed by atoms with E-state index >= 15 is 0 Å². The molecule has 136 valence electrons. The average molecular weight is 365 g/mol. The highest BCUT2D eigenvalue weighted by atomic mass is 35.5. The summed E-state index contributed by atoms with van der Waals surface area (Å²) in [5.74, 6) is 0.0302. The lowest BCUT2D eigenvalue weighted by molar-refractivity contribution is -0.123. The normalized spacial score (nSPS) is 25.0. The number of fused-ring (bicyclic) bond motifs is 1. The van der Waals surface area contributed by atoms with Crippen molar-refractivity contribution in [2.24, 2.45) is 5.73 Å². The van der Waals surface area contributed by atoms with E-state index < -0.39 is 0 Å². The summed E-state index contributed by atoms with van der Waals surface area (Å²) in [4.78, 5) is 24.1. The zero-order valence-electron chi connectivity index (χ0n) is 14.2. The van der Waals surface area contributed by atoms with Crippen LogP contribution in [0.15, 0.2) is 18.2 Å². The van der Waals surface area contributed by atoms with Gasteiger partial charge in [-0.05, 0) is 37.3 Å². The second-order valence-electron chi connectivity index (χ2n) is 6.84. The molecule has 0 spiro atoms. The second kappa shape index (κ2) is 8.06. The summed E-state index contributed by atoms with van der Waals surface area (Å²) < 4.78 is 0. The Labute approximate surface area is 152 Å². The van der Waals surface area contributed by atoms with Gasteiger partial charge in [0.2, 0.25) is 11.8 Å². The summed E-state index contributed by atoms with van der Waals surface area (Å²) in [6, 6.07) is 5.82. The Morgan fingerprint density at radius 1 is 1.16 bits per heavy atom. The highest BCUT2D eigenvalue weighted by molar-refractivity contribution is 6.33. The number of rotatable bonds is 5. The van der Waals surface area contributed by atoms with Crippen molar-refractivity contribution < 1.29 is 9.59 Å². The molecule has 0 aromatic heterocycles. The number of nitrogens with one attached hydrogen (secondary N) is 3. The molecule has 1 heterocycles. The molecular weight excluding hydrogens is 340 g/mol. The minimum atomic E-state index is -0.267. The van der Waals surface area contributed by atoms with E-state index in [1.54, 1.807) is 0 Å². The molecule has 0 radical (unpaired) electrons. The van der Waals surface area contributed by atoms with E-state index in [2.05, 4.69) is 16.0 Å². The van der Waals surface area contributed by atoms with Gasteiger partial charge >= 0.3 is 0 Å². The quantitative estimate of drug-likeness (QED) is 0.637. The van der Waals surface area contributed by atoms with Crippen molar-refractivity contribution in [3.8, 4) is 0 Å². The standard InChI is InChI=1S/C18H25ClN4O2/c19-14-3-1-2-11-10-15(23-17(11)14)18(25)22-13-6-4-12(5-7-13)21-16(24)8-9-20/h1-3,12-13,15,23H,4-10,20H2,(H,21,24)(H,22,25)/t12-,13-,15?. The molecule has 7 heteroatoms. The van der Waals surface area contributed by atoms with E-state index in [0.29, 0.717) is 24.4 Å². The largest absolute Gasteiger partial charge is 0.372 e. The summed E-state index contributed by atoms with van der Waals surface area (Å²) in [6.45, 7) is 0.373. The Bertz CT molecular complexity index is 644. The molecule has 1 unspecified atom stereocenters. The third-order valence-electron chi connectivity index (χ3n) is 4.97. The molecule has 1 atom stereocenters. The maximum atomic E-state index is 12.5. The fraction of sp³-hybridized carbons (Fsp3) is 0.556. The molecule has 1 aliphatic carbocycles. The third kappa shape index (κ3) is 4.44. The fourth-order valence-corrected chi connectivity index (χ4v) is 3.87. The number of nitrogens with two attached hydrogens (primary N) is 1. The molecule has 1 aromatic rings. The summed E-state index contributed by atoms with van der Waals surface area (Å²) in [7, 11) is 0. The van der Waals surface area contributed by atoms with Gasteiger partial charge in [0.1, 0.15) is 6.04 Å². The molecule has 1 aliphatic heterocycles. The first-order chi connectivity index (χ1) is 12.1. The Morgan fingerprint density at radius 3 is 2.48 bits per heavy atom. The van der Waals surface area contributed by atoms with Gasteiger partial charge < -0.3 is 21.7 Å². The van der Waals surface area contributed by atoms with E-state index in [-0.39, 0.29) is 29.9 Å². The van der Waals surface area contributed by atoms with Crippen molar-refractivity contribution in [3.63, 3.8) is 0 Å². The van der Waals surface area contributed by atoms with Crippen LogP contribution in [-0.2, 0) is 16.0 Å². The first-order valence-corrected chi connectivity index (χ1v) is 9.28. The Kier molecular flexibility index (Phi) is 5.81. The van der Waals surface area contributed by atoms with Gasteiger partial charge in [-0.2, -0.15) is 0 Å². The summed E-state index contributed by atoms with van der Waals surface area (Å²) in [5, 5.41) is 10.0. The van der Waals surface area contributed by atoms with E-state index in [9.17, 15) is 9.59 Å². The average Bonchev–Trinajstić information content (AvgIpc) is 3.03. The highest BCUT2D eigenvalue weighted by Gasteiger charge is 2.30. The summed E-state index contributed by atoms with van der Waals surface area (Å²) in [6.07, 6.45) is 4.54. The zero-order valence-corrected chi connectivity index (χ0v) is 14.9. The SMILES string of the molecule is NCCC(=O)N[C@H]1CC[C@H](NC(=O)C2Cc3cccc(Cl)c3N2)CC1. The van der Waals surface area contributed by atoms with Crippen LogP contribution in [0.5, 0.6) is 0 Å². The van der Waals surface area contributed by atoms with E-state index in [1.165, 1.54) is 0 Å². The second-order valence-corrected chi connectivity index (χ2v) is 7.25. The zero-order chi connectivity index (χ0) is 17.8. The molecule has 2 aliphatic rings. The van der Waals surface area contributed by atoms with Crippen LogP contribution >= 0.6 is 11.6 Å². The van der Waals surface area contributed by atoms with Gasteiger partial charge in [0.15, 0.2) is 0 Å².